The minimum absolute atomic E-state index is 0.265. The maximum Gasteiger partial charge on any atom is 0.330 e. The van der Waals surface area contributed by atoms with Gasteiger partial charge in [0.05, 0.1) is 22.3 Å². The van der Waals surface area contributed by atoms with E-state index >= 15 is 0 Å². The summed E-state index contributed by atoms with van der Waals surface area (Å²) in [4.78, 5) is 27.5. The van der Waals surface area contributed by atoms with E-state index in [2.05, 4.69) is 34.0 Å². The molecule has 0 fully saturated rings. The number of benzene rings is 2. The first-order chi connectivity index (χ1) is 17.4. The first-order valence-electron chi connectivity index (χ1n) is 11.9. The van der Waals surface area contributed by atoms with Crippen LogP contribution < -0.4 is 19.9 Å². The van der Waals surface area contributed by atoms with Crippen molar-refractivity contribution in [2.24, 2.45) is 0 Å². The Balaban J connectivity index is 1.38. The van der Waals surface area contributed by atoms with Crippen LogP contribution in [0.2, 0.25) is 10.0 Å². The van der Waals surface area contributed by atoms with Crippen LogP contribution in [0.4, 0.5) is 22.2 Å². The van der Waals surface area contributed by atoms with Crippen LogP contribution >= 0.6 is 23.2 Å². The lowest BCUT2D eigenvalue weighted by Crippen LogP contribution is -2.46. The fourth-order valence-corrected chi connectivity index (χ4v) is 4.63. The van der Waals surface area contributed by atoms with Gasteiger partial charge in [-0.3, -0.25) is 9.80 Å². The second-order valence-corrected chi connectivity index (χ2v) is 9.23. The summed E-state index contributed by atoms with van der Waals surface area (Å²) in [6, 6.07) is 12.9. The summed E-state index contributed by atoms with van der Waals surface area (Å²) in [5, 5.41) is 4.06. The third-order valence-electron chi connectivity index (χ3n) is 6.16. The van der Waals surface area contributed by atoms with Gasteiger partial charge in [0, 0.05) is 31.9 Å². The maximum absolute atomic E-state index is 13.1. The smallest absolute Gasteiger partial charge is 0.330 e. The second kappa shape index (κ2) is 11.8. The van der Waals surface area contributed by atoms with E-state index in [1.807, 2.05) is 24.3 Å². The van der Waals surface area contributed by atoms with Crippen molar-refractivity contribution < 1.29 is 9.53 Å². The molecule has 2 amide bonds. The Kier molecular flexibility index (Phi) is 8.51. The van der Waals surface area contributed by atoms with Crippen molar-refractivity contribution in [3.05, 3.63) is 69.8 Å². The number of aromatic nitrogens is 2. The van der Waals surface area contributed by atoms with Gasteiger partial charge in [-0.2, -0.15) is 4.98 Å². The van der Waals surface area contributed by atoms with Crippen LogP contribution in [0.25, 0.3) is 0 Å². The molecule has 3 aromatic rings. The van der Waals surface area contributed by atoms with E-state index in [0.29, 0.717) is 40.7 Å². The number of rotatable bonds is 10. The van der Waals surface area contributed by atoms with Gasteiger partial charge in [0.1, 0.15) is 18.2 Å². The Morgan fingerprint density at radius 1 is 1.08 bits per heavy atom. The lowest BCUT2D eigenvalue weighted by atomic mass is 10.2. The van der Waals surface area contributed by atoms with Gasteiger partial charge in [-0.25, -0.2) is 9.78 Å². The van der Waals surface area contributed by atoms with Crippen molar-refractivity contribution in [2.75, 3.05) is 48.4 Å². The number of urea groups is 1. The highest BCUT2D eigenvalue weighted by Crippen LogP contribution is 2.38. The summed E-state index contributed by atoms with van der Waals surface area (Å²) in [7, 11) is 1.67. The van der Waals surface area contributed by atoms with Gasteiger partial charge in [-0.05, 0) is 42.9 Å². The molecule has 0 aliphatic carbocycles. The van der Waals surface area contributed by atoms with Crippen molar-refractivity contribution in [3.63, 3.8) is 0 Å². The van der Waals surface area contributed by atoms with Gasteiger partial charge < -0.3 is 15.0 Å². The first kappa shape index (κ1) is 26.0. The average molecular weight is 529 g/mol. The number of anilines is 3. The Hall–Kier alpha value is -3.07. The minimum Gasteiger partial charge on any atom is -0.492 e. The molecule has 0 saturated carbocycles. The van der Waals surface area contributed by atoms with Gasteiger partial charge in [0.25, 0.3) is 0 Å². The van der Waals surface area contributed by atoms with Gasteiger partial charge in [0.2, 0.25) is 5.95 Å². The van der Waals surface area contributed by atoms with Gasteiger partial charge in [0.15, 0.2) is 0 Å². The molecule has 1 N–H and O–H groups in total. The van der Waals surface area contributed by atoms with Gasteiger partial charge in [-0.1, -0.05) is 55.2 Å². The number of hydrogen-bond acceptors (Lipinski definition) is 6. The number of amides is 2. The number of fused-ring (bicyclic) bond motifs is 1. The highest BCUT2D eigenvalue weighted by atomic mass is 35.5. The van der Waals surface area contributed by atoms with E-state index in [1.54, 1.807) is 31.4 Å². The van der Waals surface area contributed by atoms with E-state index in [0.717, 1.165) is 36.5 Å². The zero-order chi connectivity index (χ0) is 25.7. The summed E-state index contributed by atoms with van der Waals surface area (Å²) >= 11 is 12.7. The molecule has 0 unspecified atom stereocenters. The zero-order valence-electron chi connectivity index (χ0n) is 20.7. The number of para-hydroxylation sites is 1. The number of carbonyl (C=O) groups excluding carboxylic acids is 1. The summed E-state index contributed by atoms with van der Waals surface area (Å²) in [5.74, 6) is 1.84. The fourth-order valence-electron chi connectivity index (χ4n) is 4.03. The summed E-state index contributed by atoms with van der Waals surface area (Å²) in [6.45, 7) is 8.73. The Morgan fingerprint density at radius 2 is 1.78 bits per heavy atom. The van der Waals surface area contributed by atoms with Crippen molar-refractivity contribution in [2.45, 2.75) is 26.9 Å². The van der Waals surface area contributed by atoms with Crippen molar-refractivity contribution in [3.8, 4) is 5.75 Å². The molecular weight excluding hydrogens is 499 g/mol. The normalized spacial score (nSPS) is 13.2. The molecule has 8 nitrogen and oxygen atoms in total. The third kappa shape index (κ3) is 5.83. The van der Waals surface area contributed by atoms with Crippen LogP contribution in [-0.4, -0.2) is 54.2 Å². The molecule has 4 rings (SSSR count). The zero-order valence-corrected chi connectivity index (χ0v) is 22.2. The molecule has 1 aliphatic heterocycles. The van der Waals surface area contributed by atoms with E-state index in [9.17, 15) is 4.79 Å². The molecule has 1 aliphatic rings. The van der Waals surface area contributed by atoms with Gasteiger partial charge >= 0.3 is 6.03 Å². The molecule has 2 aromatic carbocycles. The SMILES string of the molecule is CCN(CC)CCOc1ccc(CNc2ncc3c(n2)N(C)C(=O)N(c2c(Cl)cccc2Cl)C3)cc1. The van der Waals surface area contributed by atoms with Crippen LogP contribution in [0.1, 0.15) is 25.0 Å². The molecule has 36 heavy (non-hydrogen) atoms. The van der Waals surface area contributed by atoms with Crippen molar-refractivity contribution in [1.29, 1.82) is 0 Å². The average Bonchev–Trinajstić information content (AvgIpc) is 2.89. The number of halogens is 2. The molecule has 1 aromatic heterocycles. The minimum atomic E-state index is -0.265. The van der Waals surface area contributed by atoms with E-state index < -0.39 is 0 Å². The topological polar surface area (TPSA) is 73.8 Å². The molecule has 190 valence electrons. The summed E-state index contributed by atoms with van der Waals surface area (Å²) < 4.78 is 5.85. The Bertz CT molecular complexity index is 1180. The van der Waals surface area contributed by atoms with Crippen LogP contribution in [0.3, 0.4) is 0 Å². The molecule has 10 heteroatoms. The number of hydrogen-bond donors (Lipinski definition) is 1. The second-order valence-electron chi connectivity index (χ2n) is 8.41. The molecule has 0 atom stereocenters. The first-order valence-corrected chi connectivity index (χ1v) is 12.7. The number of carbonyl (C=O) groups is 1. The van der Waals surface area contributed by atoms with Crippen molar-refractivity contribution in [1.82, 2.24) is 14.9 Å². The van der Waals surface area contributed by atoms with Crippen LogP contribution in [0.5, 0.6) is 5.75 Å². The fraction of sp³-hybridized carbons (Fsp3) is 0.346. The number of nitrogens with one attached hydrogen (secondary N) is 1. The van der Waals surface area contributed by atoms with Crippen LogP contribution in [0, 0.1) is 0 Å². The van der Waals surface area contributed by atoms with Crippen LogP contribution in [-0.2, 0) is 13.1 Å². The number of ether oxygens (including phenoxy) is 1. The van der Waals surface area contributed by atoms with E-state index in [-0.39, 0.29) is 12.6 Å². The quantitative estimate of drug-likeness (QED) is 0.364. The highest BCUT2D eigenvalue weighted by molar-refractivity contribution is 6.40. The predicted molar refractivity (Wildman–Crippen MR) is 146 cm³/mol. The molecular formula is C26H30Cl2N6O2. The number of likely N-dealkylation sites (N-methyl/N-ethyl adjacent to an activating group) is 1. The molecule has 0 bridgehead atoms. The third-order valence-corrected chi connectivity index (χ3v) is 6.77. The molecule has 0 spiro atoms. The highest BCUT2D eigenvalue weighted by Gasteiger charge is 2.32. The summed E-state index contributed by atoms with van der Waals surface area (Å²) in [6.07, 6.45) is 1.72. The lowest BCUT2D eigenvalue weighted by molar-refractivity contribution is 0.223. The molecule has 0 saturated heterocycles. The maximum atomic E-state index is 13.1. The van der Waals surface area contributed by atoms with Crippen molar-refractivity contribution >= 4 is 46.7 Å². The Morgan fingerprint density at radius 3 is 2.44 bits per heavy atom. The molecule has 2 heterocycles. The summed E-state index contributed by atoms with van der Waals surface area (Å²) in [5.41, 5.74) is 2.34. The monoisotopic (exact) mass is 528 g/mol. The molecule has 0 radical (unpaired) electrons. The van der Waals surface area contributed by atoms with E-state index in [1.165, 1.54) is 9.80 Å². The largest absolute Gasteiger partial charge is 0.492 e. The van der Waals surface area contributed by atoms with E-state index in [4.69, 9.17) is 27.9 Å². The lowest BCUT2D eigenvalue weighted by Gasteiger charge is -2.34. The van der Waals surface area contributed by atoms with Crippen LogP contribution in [0.15, 0.2) is 48.7 Å². The Labute approximate surface area is 221 Å². The predicted octanol–water partition coefficient (Wildman–Crippen LogP) is 5.69. The standard InChI is InChI=1S/C26H30Cl2N6O2/c1-4-33(5-2)13-14-36-20-11-9-18(10-12-20)15-29-25-30-16-19-17-34(26(35)32(3)24(19)31-25)23-21(27)7-6-8-22(23)28/h6-12,16H,4-5,13-15,17H2,1-3H3,(H,29,30,31). The number of nitrogens with zero attached hydrogens (tertiary/aromatic N) is 5. The van der Waals surface area contributed by atoms with Gasteiger partial charge in [-0.15, -0.1) is 0 Å².